The largest absolute Gasteiger partial charge is 0.470 e. The van der Waals surface area contributed by atoms with E-state index >= 15 is 0 Å². The molecular formula is C27H22F4N4O5S2. The predicted octanol–water partition coefficient (Wildman–Crippen LogP) is 6.65. The molecule has 1 N–H and O–H groups in total. The molecule has 0 saturated carbocycles. The first-order valence-corrected chi connectivity index (χ1v) is 14.8. The van der Waals surface area contributed by atoms with Gasteiger partial charge in [0.05, 0.1) is 10.6 Å². The molecule has 5 aromatic rings. The van der Waals surface area contributed by atoms with E-state index in [0.717, 1.165) is 11.3 Å². The highest BCUT2D eigenvalue weighted by Gasteiger charge is 2.38. The average Bonchev–Trinajstić information content (AvgIpc) is 3.57. The van der Waals surface area contributed by atoms with Crippen LogP contribution in [-0.4, -0.2) is 28.9 Å². The van der Waals surface area contributed by atoms with Crippen LogP contribution in [0.2, 0.25) is 0 Å². The third-order valence-corrected chi connectivity index (χ3v) is 8.72. The Morgan fingerprint density at radius 3 is 2.38 bits per heavy atom. The zero-order chi connectivity index (χ0) is 30.6. The molecule has 2 aromatic carbocycles. The first-order valence-electron chi connectivity index (χ1n) is 12.3. The van der Waals surface area contributed by atoms with Crippen LogP contribution in [-0.2, 0) is 23.2 Å². The first kappa shape index (κ1) is 29.3. The minimum absolute atomic E-state index is 0.119. The number of alkyl halides is 3. The van der Waals surface area contributed by atoms with Crippen molar-refractivity contribution in [3.63, 3.8) is 0 Å². The summed E-state index contributed by atoms with van der Waals surface area (Å²) in [5.74, 6) is -1.96. The zero-order valence-corrected chi connectivity index (χ0v) is 24.1. The van der Waals surface area contributed by atoms with Gasteiger partial charge in [-0.15, -0.1) is 21.5 Å². The number of aryl methyl sites for hydroxylation is 3. The minimum Gasteiger partial charge on any atom is -0.456 e. The molecule has 0 spiro atoms. The Morgan fingerprint density at radius 2 is 1.76 bits per heavy atom. The fraction of sp³-hybridized carbons (Fsp3) is 0.222. The predicted molar refractivity (Wildman–Crippen MR) is 150 cm³/mol. The van der Waals surface area contributed by atoms with Crippen molar-refractivity contribution < 1.29 is 35.1 Å². The Labute approximate surface area is 240 Å². The highest BCUT2D eigenvalue weighted by molar-refractivity contribution is 7.92. The van der Waals surface area contributed by atoms with Crippen LogP contribution >= 0.6 is 11.3 Å². The molecule has 0 fully saturated rings. The molecule has 0 aliphatic heterocycles. The number of aromatic nitrogens is 3. The van der Waals surface area contributed by atoms with Crippen molar-refractivity contribution in [1.82, 2.24) is 14.8 Å². The summed E-state index contributed by atoms with van der Waals surface area (Å²) >= 11 is 0.867. The summed E-state index contributed by atoms with van der Waals surface area (Å²) < 4.78 is 92.9. The van der Waals surface area contributed by atoms with E-state index < -0.39 is 39.4 Å². The number of nitrogens with one attached hydrogen (secondary N) is 1. The molecule has 0 atom stereocenters. The molecule has 15 heteroatoms. The van der Waals surface area contributed by atoms with Gasteiger partial charge in [-0.05, 0) is 68.3 Å². The minimum atomic E-state index is -4.85. The van der Waals surface area contributed by atoms with Crippen molar-refractivity contribution in [1.29, 1.82) is 0 Å². The number of anilines is 1. The van der Waals surface area contributed by atoms with Crippen molar-refractivity contribution >= 4 is 37.1 Å². The second-order valence-corrected chi connectivity index (χ2v) is 12.5. The lowest BCUT2D eigenvalue weighted by molar-refractivity contribution is -0.156. The van der Waals surface area contributed by atoms with Gasteiger partial charge in [-0.1, -0.05) is 0 Å². The third kappa shape index (κ3) is 5.61. The summed E-state index contributed by atoms with van der Waals surface area (Å²) in [6, 6.07) is 8.60. The van der Waals surface area contributed by atoms with Gasteiger partial charge < -0.3 is 13.7 Å². The average molecular weight is 623 g/mol. The monoisotopic (exact) mass is 622 g/mol. The van der Waals surface area contributed by atoms with Gasteiger partial charge in [-0.3, -0.25) is 9.52 Å². The molecule has 3 heterocycles. The van der Waals surface area contributed by atoms with Crippen molar-refractivity contribution in [2.45, 2.75) is 26.9 Å². The van der Waals surface area contributed by atoms with Gasteiger partial charge >= 0.3 is 12.1 Å². The van der Waals surface area contributed by atoms with E-state index in [1.165, 1.54) is 61.1 Å². The van der Waals surface area contributed by atoms with E-state index in [4.69, 9.17) is 9.15 Å². The van der Waals surface area contributed by atoms with Crippen molar-refractivity contribution in [3.8, 4) is 33.4 Å². The van der Waals surface area contributed by atoms with Crippen molar-refractivity contribution in [3.05, 3.63) is 75.8 Å². The molecular weight excluding hydrogens is 600 g/mol. The summed E-state index contributed by atoms with van der Waals surface area (Å²) in [6.45, 7) is 4.82. The second kappa shape index (κ2) is 10.5. The number of fused-ring (bicyclic) bond motifs is 1. The van der Waals surface area contributed by atoms with E-state index in [-0.39, 0.29) is 26.8 Å². The number of ether oxygens (including phenoxy) is 1. The maximum Gasteiger partial charge on any atom is 0.470 e. The van der Waals surface area contributed by atoms with E-state index in [9.17, 15) is 30.8 Å². The number of nitrogens with zero attached hydrogens (tertiary/aromatic N) is 3. The van der Waals surface area contributed by atoms with Gasteiger partial charge in [0.1, 0.15) is 22.0 Å². The van der Waals surface area contributed by atoms with Gasteiger partial charge in [0.2, 0.25) is 10.0 Å². The van der Waals surface area contributed by atoms with Gasteiger partial charge in [0, 0.05) is 35.4 Å². The van der Waals surface area contributed by atoms with Crippen molar-refractivity contribution in [2.75, 3.05) is 10.5 Å². The van der Waals surface area contributed by atoms with Crippen LogP contribution in [0.15, 0.2) is 51.8 Å². The standard InChI is InChI=1S/C27H22F4N4O5S2/c1-5-42(37,38)34-16-6-7-20(39-22-13(2)8-15(28)9-14(22)3)17(10-16)19-12-35(4)25(36)23-18(19)11-21(41-23)24-32-33-26(40-24)27(29,30)31/h6-12,34H,5H2,1-4H3. The van der Waals surface area contributed by atoms with E-state index in [1.807, 2.05) is 0 Å². The van der Waals surface area contributed by atoms with Crippen LogP contribution in [0, 0.1) is 19.7 Å². The van der Waals surface area contributed by atoms with E-state index in [1.54, 1.807) is 13.8 Å². The fourth-order valence-corrected chi connectivity index (χ4v) is 6.01. The highest BCUT2D eigenvalue weighted by atomic mass is 32.2. The summed E-state index contributed by atoms with van der Waals surface area (Å²) in [5, 5.41) is 6.89. The molecule has 0 aliphatic carbocycles. The molecule has 0 unspecified atom stereocenters. The maximum absolute atomic E-state index is 14.0. The van der Waals surface area contributed by atoms with Crippen LogP contribution in [0.1, 0.15) is 23.9 Å². The van der Waals surface area contributed by atoms with Gasteiger partial charge in [-0.2, -0.15) is 13.2 Å². The number of hydrogen-bond acceptors (Lipinski definition) is 8. The van der Waals surface area contributed by atoms with Gasteiger partial charge in [0.25, 0.3) is 11.4 Å². The highest BCUT2D eigenvalue weighted by Crippen LogP contribution is 2.43. The fourth-order valence-electron chi connectivity index (χ4n) is 4.30. The van der Waals surface area contributed by atoms with Crippen molar-refractivity contribution in [2.24, 2.45) is 7.05 Å². The van der Waals surface area contributed by atoms with Crippen LogP contribution in [0.4, 0.5) is 23.2 Å². The molecule has 0 radical (unpaired) electrons. The second-order valence-electron chi connectivity index (χ2n) is 9.41. The summed E-state index contributed by atoms with van der Waals surface area (Å²) in [7, 11) is -2.17. The van der Waals surface area contributed by atoms with Crippen LogP contribution in [0.25, 0.3) is 32.0 Å². The SMILES string of the molecule is CCS(=O)(=O)Nc1ccc(Oc2c(C)cc(F)cc2C)c(-c2cn(C)c(=O)c3sc(-c4nnc(C(F)(F)F)o4)cc23)c1. The number of rotatable bonds is 7. The Morgan fingerprint density at radius 1 is 1.07 bits per heavy atom. The third-order valence-electron chi connectivity index (χ3n) is 6.30. The summed E-state index contributed by atoms with van der Waals surface area (Å²) in [4.78, 5) is 13.2. The number of pyridine rings is 1. The molecule has 3 aromatic heterocycles. The molecule has 42 heavy (non-hydrogen) atoms. The van der Waals surface area contributed by atoms with Gasteiger partial charge in [0.15, 0.2) is 0 Å². The quantitative estimate of drug-likeness (QED) is 0.202. The Bertz CT molecular complexity index is 1990. The molecule has 9 nitrogen and oxygen atoms in total. The smallest absolute Gasteiger partial charge is 0.456 e. The first-order chi connectivity index (χ1) is 19.7. The molecule has 0 saturated heterocycles. The normalized spacial score (nSPS) is 12.2. The molecule has 5 rings (SSSR count). The lowest BCUT2D eigenvalue weighted by Crippen LogP contribution is -2.16. The van der Waals surface area contributed by atoms with E-state index in [0.29, 0.717) is 33.4 Å². The topological polar surface area (TPSA) is 116 Å². The molecule has 0 amide bonds. The molecule has 0 bridgehead atoms. The molecule has 220 valence electrons. The number of thiophene rings is 1. The Balaban J connectivity index is 1.74. The Kier molecular flexibility index (Phi) is 7.35. The number of halogens is 4. The van der Waals surface area contributed by atoms with E-state index in [2.05, 4.69) is 14.9 Å². The summed E-state index contributed by atoms with van der Waals surface area (Å²) in [6.07, 6.45) is -3.35. The van der Waals surface area contributed by atoms with Crippen LogP contribution < -0.4 is 15.0 Å². The lowest BCUT2D eigenvalue weighted by atomic mass is 10.0. The molecule has 0 aliphatic rings. The van der Waals surface area contributed by atoms with Crippen LogP contribution in [0.3, 0.4) is 0 Å². The summed E-state index contributed by atoms with van der Waals surface area (Å²) in [5.41, 5.74) is 1.53. The van der Waals surface area contributed by atoms with Gasteiger partial charge in [-0.25, -0.2) is 12.8 Å². The number of hydrogen-bond donors (Lipinski definition) is 1. The number of benzene rings is 2. The maximum atomic E-state index is 14.0. The number of sulfonamides is 1. The van der Waals surface area contributed by atoms with Crippen LogP contribution in [0.5, 0.6) is 11.5 Å². The lowest BCUT2D eigenvalue weighted by Gasteiger charge is -2.18. The zero-order valence-electron chi connectivity index (χ0n) is 22.5. The Hall–Kier alpha value is -4.24.